The van der Waals surface area contributed by atoms with E-state index in [0.717, 1.165) is 11.4 Å². The molecule has 3 rings (SSSR count). The van der Waals surface area contributed by atoms with Crippen molar-refractivity contribution < 1.29 is 9.53 Å². The van der Waals surface area contributed by atoms with Crippen molar-refractivity contribution >= 4 is 5.91 Å². The third-order valence-electron chi connectivity index (χ3n) is 4.32. The van der Waals surface area contributed by atoms with Gasteiger partial charge in [-0.25, -0.2) is 0 Å². The number of carbonyl (C=O) groups excluding carboxylic acids is 1. The van der Waals surface area contributed by atoms with Crippen LogP contribution in [0.1, 0.15) is 31.2 Å². The lowest BCUT2D eigenvalue weighted by molar-refractivity contribution is -0.149. The summed E-state index contributed by atoms with van der Waals surface area (Å²) in [5.41, 5.74) is 1.71. The highest BCUT2D eigenvalue weighted by Gasteiger charge is 2.49. The van der Waals surface area contributed by atoms with Crippen LogP contribution in [0, 0.1) is 12.8 Å². The molecule has 0 aromatic carbocycles. The molecule has 1 N–H and O–H groups in total. The molecule has 1 atom stereocenters. The molecule has 1 unspecified atom stereocenters. The van der Waals surface area contributed by atoms with Gasteiger partial charge in [-0.15, -0.1) is 0 Å². The predicted octanol–water partition coefficient (Wildman–Crippen LogP) is 1.29. The molecule has 1 aliphatic heterocycles. The van der Waals surface area contributed by atoms with Gasteiger partial charge in [0.2, 0.25) is 5.91 Å². The first kappa shape index (κ1) is 12.7. The summed E-state index contributed by atoms with van der Waals surface area (Å²) in [5.74, 6) is 0.780. The van der Waals surface area contributed by atoms with Crippen LogP contribution in [0.4, 0.5) is 0 Å². The minimum absolute atomic E-state index is 0.110. The normalized spacial score (nSPS) is 27.6. The maximum Gasteiger partial charge on any atom is 0.229 e. The maximum atomic E-state index is 12.5. The molecule has 2 aliphatic rings. The molecule has 5 nitrogen and oxygen atoms in total. The van der Waals surface area contributed by atoms with E-state index in [9.17, 15) is 4.79 Å². The van der Waals surface area contributed by atoms with Gasteiger partial charge in [0, 0.05) is 12.2 Å². The molecule has 1 saturated carbocycles. The molecule has 0 radical (unpaired) electrons. The van der Waals surface area contributed by atoms with E-state index in [1.807, 2.05) is 17.9 Å². The maximum absolute atomic E-state index is 12.5. The van der Waals surface area contributed by atoms with Gasteiger partial charge in [-0.3, -0.25) is 9.89 Å². The van der Waals surface area contributed by atoms with E-state index in [2.05, 4.69) is 17.1 Å². The summed E-state index contributed by atoms with van der Waals surface area (Å²) in [5, 5.41) is 7.04. The van der Waals surface area contributed by atoms with Crippen LogP contribution < -0.4 is 0 Å². The van der Waals surface area contributed by atoms with Crippen molar-refractivity contribution in [2.24, 2.45) is 5.92 Å². The van der Waals surface area contributed by atoms with Crippen molar-refractivity contribution in [3.05, 3.63) is 17.5 Å². The van der Waals surface area contributed by atoms with E-state index in [1.54, 1.807) is 0 Å². The molecule has 1 aliphatic carbocycles. The highest BCUT2D eigenvalue weighted by Crippen LogP contribution is 2.44. The second-order valence-corrected chi connectivity index (χ2v) is 5.95. The Balaban J connectivity index is 1.73. The molecule has 19 heavy (non-hydrogen) atoms. The molecule has 5 heteroatoms. The molecular formula is C14H21N3O2. The molecule has 2 heterocycles. The van der Waals surface area contributed by atoms with E-state index < -0.39 is 0 Å². The van der Waals surface area contributed by atoms with Gasteiger partial charge in [-0.05, 0) is 38.7 Å². The number of nitrogens with one attached hydrogen (secondary N) is 1. The first-order valence-corrected chi connectivity index (χ1v) is 6.99. The molecule has 1 saturated heterocycles. The van der Waals surface area contributed by atoms with Crippen LogP contribution in [0.3, 0.4) is 0 Å². The fourth-order valence-corrected chi connectivity index (χ4v) is 3.04. The quantitative estimate of drug-likeness (QED) is 0.894. The molecule has 1 aromatic heterocycles. The van der Waals surface area contributed by atoms with Crippen LogP contribution in [0.15, 0.2) is 6.07 Å². The summed E-state index contributed by atoms with van der Waals surface area (Å²) in [6.07, 6.45) is 2.81. The fraction of sp³-hybridized carbons (Fsp3) is 0.714. The van der Waals surface area contributed by atoms with Crippen LogP contribution in [0.25, 0.3) is 0 Å². The lowest BCUT2D eigenvalue weighted by Gasteiger charge is -2.45. The Kier molecular flexibility index (Phi) is 3.09. The van der Waals surface area contributed by atoms with Gasteiger partial charge < -0.3 is 9.64 Å². The smallest absolute Gasteiger partial charge is 0.229 e. The number of nitrogens with zero attached hydrogens (tertiary/aromatic N) is 2. The number of carbonyl (C=O) groups is 1. The zero-order valence-electron chi connectivity index (χ0n) is 11.6. The first-order valence-electron chi connectivity index (χ1n) is 6.99. The predicted molar refractivity (Wildman–Crippen MR) is 70.7 cm³/mol. The standard InChI is InChI=1S/C14H21N3O2/c1-10-7-12(16-15-10)8-13(18)17-5-6-19-9-14(17,2)11-3-4-11/h7,11H,3-6,8-9H2,1-2H3,(H,15,16). The highest BCUT2D eigenvalue weighted by atomic mass is 16.5. The van der Waals surface area contributed by atoms with Gasteiger partial charge in [0.25, 0.3) is 0 Å². The number of aryl methyl sites for hydroxylation is 1. The van der Waals surface area contributed by atoms with Crippen molar-refractivity contribution in [1.29, 1.82) is 0 Å². The zero-order chi connectivity index (χ0) is 13.5. The van der Waals surface area contributed by atoms with Crippen molar-refractivity contribution in [3.63, 3.8) is 0 Å². The minimum Gasteiger partial charge on any atom is -0.377 e. The fourth-order valence-electron chi connectivity index (χ4n) is 3.04. The lowest BCUT2D eigenvalue weighted by atomic mass is 9.92. The average molecular weight is 263 g/mol. The Bertz CT molecular complexity index is 481. The van der Waals surface area contributed by atoms with Gasteiger partial charge in [0.1, 0.15) is 0 Å². The molecule has 0 bridgehead atoms. The van der Waals surface area contributed by atoms with E-state index in [-0.39, 0.29) is 11.4 Å². The number of amides is 1. The number of rotatable bonds is 3. The summed E-state index contributed by atoms with van der Waals surface area (Å²) >= 11 is 0. The van der Waals surface area contributed by atoms with Crippen LogP contribution in [0.5, 0.6) is 0 Å². The number of hydrogen-bond acceptors (Lipinski definition) is 3. The van der Waals surface area contributed by atoms with Crippen molar-refractivity contribution in [1.82, 2.24) is 15.1 Å². The second-order valence-electron chi connectivity index (χ2n) is 5.95. The van der Waals surface area contributed by atoms with Crippen LogP contribution in [-0.2, 0) is 16.0 Å². The lowest BCUT2D eigenvalue weighted by Crippen LogP contribution is -2.59. The van der Waals surface area contributed by atoms with Gasteiger partial charge in [0.05, 0.1) is 30.9 Å². The molecule has 0 spiro atoms. The molecule has 1 aromatic rings. The van der Waals surface area contributed by atoms with E-state index in [4.69, 9.17) is 4.74 Å². The summed E-state index contributed by atoms with van der Waals surface area (Å²) < 4.78 is 5.61. The molecule has 1 amide bonds. The Morgan fingerprint density at radius 2 is 2.42 bits per heavy atom. The Morgan fingerprint density at radius 1 is 1.63 bits per heavy atom. The van der Waals surface area contributed by atoms with Crippen LogP contribution >= 0.6 is 0 Å². The summed E-state index contributed by atoms with van der Waals surface area (Å²) in [6.45, 7) is 6.13. The van der Waals surface area contributed by atoms with E-state index in [0.29, 0.717) is 32.1 Å². The number of aromatic nitrogens is 2. The van der Waals surface area contributed by atoms with E-state index in [1.165, 1.54) is 12.8 Å². The topological polar surface area (TPSA) is 58.2 Å². The largest absolute Gasteiger partial charge is 0.377 e. The van der Waals surface area contributed by atoms with Crippen molar-refractivity contribution in [2.75, 3.05) is 19.8 Å². The molecule has 104 valence electrons. The molecule has 2 fully saturated rings. The summed E-state index contributed by atoms with van der Waals surface area (Å²) in [6, 6.07) is 1.94. The SMILES string of the molecule is Cc1cc(CC(=O)N2CCOCC2(C)C2CC2)n[nH]1. The number of hydrogen-bond donors (Lipinski definition) is 1. The van der Waals surface area contributed by atoms with Crippen molar-refractivity contribution in [3.8, 4) is 0 Å². The van der Waals surface area contributed by atoms with Gasteiger partial charge in [-0.2, -0.15) is 5.10 Å². The van der Waals surface area contributed by atoms with Crippen LogP contribution in [0.2, 0.25) is 0 Å². The second kappa shape index (κ2) is 4.63. The van der Waals surface area contributed by atoms with E-state index >= 15 is 0 Å². The summed E-state index contributed by atoms with van der Waals surface area (Å²) in [7, 11) is 0. The Morgan fingerprint density at radius 3 is 3.05 bits per heavy atom. The van der Waals surface area contributed by atoms with Crippen molar-refractivity contribution in [2.45, 2.75) is 38.6 Å². The number of aromatic amines is 1. The average Bonchev–Trinajstić information content (AvgIpc) is 3.15. The summed E-state index contributed by atoms with van der Waals surface area (Å²) in [4.78, 5) is 14.6. The van der Waals surface area contributed by atoms with Gasteiger partial charge in [0.15, 0.2) is 0 Å². The zero-order valence-corrected chi connectivity index (χ0v) is 11.6. The number of ether oxygens (including phenoxy) is 1. The van der Waals surface area contributed by atoms with Gasteiger partial charge >= 0.3 is 0 Å². The number of H-pyrrole nitrogens is 1. The number of morpholine rings is 1. The highest BCUT2D eigenvalue weighted by molar-refractivity contribution is 5.79. The van der Waals surface area contributed by atoms with Gasteiger partial charge in [-0.1, -0.05) is 0 Å². The third kappa shape index (κ3) is 2.39. The third-order valence-corrected chi connectivity index (χ3v) is 4.32. The first-order chi connectivity index (χ1) is 9.09. The Hall–Kier alpha value is -1.36. The molecular weight excluding hydrogens is 242 g/mol. The Labute approximate surface area is 113 Å². The monoisotopic (exact) mass is 263 g/mol. The van der Waals surface area contributed by atoms with Crippen LogP contribution in [-0.4, -0.2) is 46.3 Å². The minimum atomic E-state index is -0.110.